The highest BCUT2D eigenvalue weighted by Crippen LogP contribution is 2.78. The van der Waals surface area contributed by atoms with Gasteiger partial charge in [-0.2, -0.15) is 5.26 Å². The SMILES string of the molecule is CC(=O)Oc1ccc2c(c1)CC[C@@H]1[C@@H]2CC[C@]2(C)[C@@]3(OC(C)=O)C=C[C@]12C[C@]3(C#N)OC(C)=O. The normalized spacial score (nSPS) is 38.7. The van der Waals surface area contributed by atoms with Crippen LogP contribution < -0.4 is 4.74 Å². The molecule has 0 amide bonds. The summed E-state index contributed by atoms with van der Waals surface area (Å²) in [4.78, 5) is 35.9. The number of allylic oxidation sites excluding steroid dienone is 1. The molecule has 2 fully saturated rings. The number of esters is 3. The van der Waals surface area contributed by atoms with Crippen LogP contribution in [-0.4, -0.2) is 29.1 Å². The fourth-order valence-corrected chi connectivity index (χ4v) is 7.93. The minimum atomic E-state index is -1.57. The van der Waals surface area contributed by atoms with Crippen LogP contribution in [0.15, 0.2) is 30.4 Å². The lowest BCUT2D eigenvalue weighted by Gasteiger charge is -2.56. The number of carbonyl (C=O) groups excluding carboxylic acids is 3. The van der Waals surface area contributed by atoms with Crippen molar-refractivity contribution in [3.63, 3.8) is 0 Å². The second kappa shape index (κ2) is 7.18. The maximum atomic E-state index is 12.3. The number of rotatable bonds is 3. The molecule has 0 aromatic heterocycles. The number of aryl methyl sites for hydroxylation is 1. The highest BCUT2D eigenvalue weighted by molar-refractivity contribution is 5.71. The lowest BCUT2D eigenvalue weighted by Crippen LogP contribution is -2.60. The molecule has 1 aromatic rings. The Morgan fingerprint density at radius 2 is 1.76 bits per heavy atom. The fraction of sp³-hybridized carbons (Fsp3) is 0.556. The first-order chi connectivity index (χ1) is 16.0. The number of nitriles is 1. The van der Waals surface area contributed by atoms with Crippen LogP contribution in [0.5, 0.6) is 5.75 Å². The second-order valence-corrected chi connectivity index (χ2v) is 10.5. The molecular weight excluding hydrogens is 434 g/mol. The first-order valence-electron chi connectivity index (χ1n) is 11.9. The highest BCUT2D eigenvalue weighted by Gasteiger charge is 2.84. The van der Waals surface area contributed by atoms with E-state index >= 15 is 0 Å². The van der Waals surface area contributed by atoms with Crippen molar-refractivity contribution in [2.24, 2.45) is 16.7 Å². The molecule has 6 atom stereocenters. The van der Waals surface area contributed by atoms with Crippen molar-refractivity contribution in [1.82, 2.24) is 0 Å². The molecule has 2 bridgehead atoms. The molecule has 178 valence electrons. The number of carbonyl (C=O) groups is 3. The maximum Gasteiger partial charge on any atom is 0.308 e. The lowest BCUT2D eigenvalue weighted by molar-refractivity contribution is -0.200. The van der Waals surface area contributed by atoms with Gasteiger partial charge in [0.15, 0.2) is 5.60 Å². The first kappa shape index (κ1) is 22.6. The third-order valence-electron chi connectivity index (χ3n) is 9.01. The number of benzene rings is 1. The summed E-state index contributed by atoms with van der Waals surface area (Å²) in [5, 5.41) is 10.4. The molecule has 34 heavy (non-hydrogen) atoms. The lowest BCUT2D eigenvalue weighted by atomic mass is 9.48. The minimum Gasteiger partial charge on any atom is -0.449 e. The average Bonchev–Trinajstić information content (AvgIpc) is 3.10. The van der Waals surface area contributed by atoms with Crippen molar-refractivity contribution in [3.8, 4) is 11.8 Å². The summed E-state index contributed by atoms with van der Waals surface area (Å²) >= 11 is 0. The molecule has 0 saturated heterocycles. The van der Waals surface area contributed by atoms with Crippen LogP contribution in [-0.2, 0) is 30.3 Å². The second-order valence-electron chi connectivity index (χ2n) is 10.5. The number of ether oxygens (including phenoxy) is 3. The van der Waals surface area contributed by atoms with Crippen LogP contribution in [0, 0.1) is 28.1 Å². The Morgan fingerprint density at radius 1 is 1.03 bits per heavy atom. The van der Waals surface area contributed by atoms with Crippen molar-refractivity contribution in [3.05, 3.63) is 41.5 Å². The number of nitrogens with zero attached hydrogens (tertiary/aromatic N) is 1. The average molecular weight is 464 g/mol. The molecule has 0 heterocycles. The van der Waals surface area contributed by atoms with E-state index in [2.05, 4.69) is 25.1 Å². The van der Waals surface area contributed by atoms with E-state index in [4.69, 9.17) is 14.2 Å². The first-order valence-corrected chi connectivity index (χ1v) is 11.9. The van der Waals surface area contributed by atoms with E-state index in [0.29, 0.717) is 18.6 Å². The third-order valence-corrected chi connectivity index (χ3v) is 9.01. The summed E-state index contributed by atoms with van der Waals surface area (Å²) in [5.74, 6) is -0.412. The highest BCUT2D eigenvalue weighted by atomic mass is 16.6. The number of hydrogen-bond acceptors (Lipinski definition) is 7. The van der Waals surface area contributed by atoms with Crippen LogP contribution >= 0.6 is 0 Å². The van der Waals surface area contributed by atoms with Crippen LogP contribution in [0.3, 0.4) is 0 Å². The Hall–Kier alpha value is -3.14. The summed E-state index contributed by atoms with van der Waals surface area (Å²) in [7, 11) is 0. The van der Waals surface area contributed by atoms with Gasteiger partial charge in [-0.15, -0.1) is 0 Å². The zero-order chi connectivity index (χ0) is 24.5. The van der Waals surface area contributed by atoms with E-state index in [1.165, 1.54) is 31.9 Å². The van der Waals surface area contributed by atoms with Crippen molar-refractivity contribution in [2.45, 2.75) is 76.9 Å². The van der Waals surface area contributed by atoms with Gasteiger partial charge in [0, 0.05) is 38.0 Å². The molecular formula is C27H29NO6. The van der Waals surface area contributed by atoms with Gasteiger partial charge in [-0.25, -0.2) is 0 Å². The summed E-state index contributed by atoms with van der Waals surface area (Å²) in [6.07, 6.45) is 7.54. The van der Waals surface area contributed by atoms with E-state index in [1.54, 1.807) is 0 Å². The van der Waals surface area contributed by atoms with Crippen molar-refractivity contribution in [1.29, 1.82) is 5.26 Å². The Morgan fingerprint density at radius 3 is 2.41 bits per heavy atom. The quantitative estimate of drug-likeness (QED) is 0.377. The van der Waals surface area contributed by atoms with Crippen LogP contribution in [0.4, 0.5) is 0 Å². The summed E-state index contributed by atoms with van der Waals surface area (Å²) in [5.41, 5.74) is -1.50. The van der Waals surface area contributed by atoms with Crippen molar-refractivity contribution < 1.29 is 28.6 Å². The molecule has 0 radical (unpaired) electrons. The van der Waals surface area contributed by atoms with E-state index in [-0.39, 0.29) is 17.8 Å². The van der Waals surface area contributed by atoms with Gasteiger partial charge in [0.25, 0.3) is 0 Å². The van der Waals surface area contributed by atoms with Gasteiger partial charge in [-0.05, 0) is 66.9 Å². The minimum absolute atomic E-state index is 0.192. The molecule has 4 aliphatic carbocycles. The van der Waals surface area contributed by atoms with E-state index in [1.807, 2.05) is 18.2 Å². The van der Waals surface area contributed by atoms with E-state index in [9.17, 15) is 19.6 Å². The number of hydrogen-bond donors (Lipinski definition) is 0. The Kier molecular flexibility index (Phi) is 4.78. The van der Waals surface area contributed by atoms with Crippen LogP contribution in [0.25, 0.3) is 0 Å². The summed E-state index contributed by atoms with van der Waals surface area (Å²) < 4.78 is 17.1. The standard InChI is InChI=1S/C27H29NO6/c1-16(29)32-20-6-7-21-19(13-20)5-8-23-22(21)9-10-24(4)25(23)11-12-27(24,34-18(3)31)26(14-25,15-28)33-17(2)30/h6-7,11-13,22-23H,5,8-10,14H2,1-4H3/t22-,23-,24+,25+,26-,27+/m1/s1. The Labute approximate surface area is 199 Å². The Balaban J connectivity index is 1.61. The van der Waals surface area contributed by atoms with Gasteiger partial charge in [0.05, 0.1) is 0 Å². The molecule has 7 heteroatoms. The third kappa shape index (κ3) is 2.65. The summed E-state index contributed by atoms with van der Waals surface area (Å²) in [6, 6.07) is 8.14. The molecule has 4 aliphatic rings. The van der Waals surface area contributed by atoms with Crippen LogP contribution in [0.2, 0.25) is 0 Å². The zero-order valence-corrected chi connectivity index (χ0v) is 20.0. The molecule has 5 rings (SSSR count). The Bertz CT molecular complexity index is 1180. The van der Waals surface area contributed by atoms with Gasteiger partial charge >= 0.3 is 17.9 Å². The smallest absolute Gasteiger partial charge is 0.308 e. The molecule has 0 unspecified atom stereocenters. The molecule has 1 aromatic carbocycles. The maximum absolute atomic E-state index is 12.3. The van der Waals surface area contributed by atoms with Crippen molar-refractivity contribution >= 4 is 17.9 Å². The molecule has 0 aliphatic heterocycles. The summed E-state index contributed by atoms with van der Waals surface area (Å²) in [6.45, 7) is 6.11. The monoisotopic (exact) mass is 463 g/mol. The molecule has 0 spiro atoms. The van der Waals surface area contributed by atoms with Gasteiger partial charge < -0.3 is 14.2 Å². The fourth-order valence-electron chi connectivity index (χ4n) is 7.93. The topological polar surface area (TPSA) is 103 Å². The van der Waals surface area contributed by atoms with Gasteiger partial charge in [0.2, 0.25) is 5.60 Å². The number of fused-ring (bicyclic) bond motifs is 3. The van der Waals surface area contributed by atoms with Crippen molar-refractivity contribution in [2.75, 3.05) is 0 Å². The molecule has 0 N–H and O–H groups in total. The molecule has 7 nitrogen and oxygen atoms in total. The van der Waals surface area contributed by atoms with E-state index < -0.39 is 34.0 Å². The van der Waals surface area contributed by atoms with E-state index in [0.717, 1.165) is 19.3 Å². The largest absolute Gasteiger partial charge is 0.449 e. The zero-order valence-electron chi connectivity index (χ0n) is 20.0. The predicted molar refractivity (Wildman–Crippen MR) is 120 cm³/mol. The molecule has 2 saturated carbocycles. The predicted octanol–water partition coefficient (Wildman–Crippen LogP) is 4.15. The van der Waals surface area contributed by atoms with Gasteiger partial charge in [0.1, 0.15) is 11.8 Å². The van der Waals surface area contributed by atoms with Gasteiger partial charge in [-0.3, -0.25) is 14.4 Å². The van der Waals surface area contributed by atoms with Crippen LogP contribution in [0.1, 0.15) is 70.4 Å². The van der Waals surface area contributed by atoms with Gasteiger partial charge in [-0.1, -0.05) is 19.1 Å².